The lowest BCUT2D eigenvalue weighted by Gasteiger charge is -2.31. The summed E-state index contributed by atoms with van der Waals surface area (Å²) in [6, 6.07) is 19.9. The number of carbonyl (C=O) groups is 1. The minimum Gasteiger partial charge on any atom is -0.446 e. The molecule has 6 rings (SSSR count). The lowest BCUT2D eigenvalue weighted by molar-refractivity contribution is 0.0342. The van der Waals surface area contributed by atoms with Crippen LogP contribution in [-0.4, -0.2) is 33.2 Å². The van der Waals surface area contributed by atoms with Gasteiger partial charge >= 0.3 is 6.09 Å². The highest BCUT2D eigenvalue weighted by atomic mass is 16.6. The third-order valence-corrected chi connectivity index (χ3v) is 8.12. The largest absolute Gasteiger partial charge is 0.446 e. The highest BCUT2D eigenvalue weighted by molar-refractivity contribution is 5.68. The second kappa shape index (κ2) is 8.99. The molecule has 3 atom stereocenters. The number of amides is 1. The molecule has 2 aliphatic carbocycles. The molecule has 2 saturated carbocycles. The molecular weight excluding hydrogens is 438 g/mol. The van der Waals surface area contributed by atoms with Gasteiger partial charge < -0.3 is 9.64 Å². The average molecular weight is 470 g/mol. The predicted molar refractivity (Wildman–Crippen MR) is 133 cm³/mol. The maximum Gasteiger partial charge on any atom is 0.410 e. The molecule has 6 nitrogen and oxygen atoms in total. The van der Waals surface area contributed by atoms with Crippen LogP contribution in [0.4, 0.5) is 4.79 Å². The van der Waals surface area contributed by atoms with E-state index in [1.165, 1.54) is 19.3 Å². The van der Waals surface area contributed by atoms with E-state index >= 15 is 0 Å². The standard InChI is InChI=1S/C29H31N3O3/c1-19-30-25-18-31(29(34)35-26-17-20-12-13-23(26)16-20)15-14-24(25)28(33)32(19)27(21-8-4-2-5-9-21)22-10-6-3-7-11-22/h2-11,20,23,26-27H,12-18H2,1H3. The number of nitrogens with zero attached hydrogens (tertiary/aromatic N) is 3. The van der Waals surface area contributed by atoms with Crippen molar-refractivity contribution in [3.05, 3.63) is 99.2 Å². The Morgan fingerprint density at radius 3 is 2.29 bits per heavy atom. The summed E-state index contributed by atoms with van der Waals surface area (Å²) < 4.78 is 7.73. The number of aromatic nitrogens is 2. The van der Waals surface area contributed by atoms with Gasteiger partial charge in [0.25, 0.3) is 5.56 Å². The smallest absolute Gasteiger partial charge is 0.410 e. The number of carbonyl (C=O) groups excluding carboxylic acids is 1. The number of fused-ring (bicyclic) bond motifs is 3. The van der Waals surface area contributed by atoms with E-state index in [0.717, 1.165) is 23.5 Å². The molecule has 1 aliphatic heterocycles. The Morgan fingerprint density at radius 2 is 1.69 bits per heavy atom. The fourth-order valence-corrected chi connectivity index (χ4v) is 6.38. The van der Waals surface area contributed by atoms with Crippen molar-refractivity contribution < 1.29 is 9.53 Å². The van der Waals surface area contributed by atoms with Gasteiger partial charge in [0.15, 0.2) is 0 Å². The Bertz CT molecular complexity index is 1250. The SMILES string of the molecule is Cc1nc2c(c(=O)n1C(c1ccccc1)c1ccccc1)CCN(C(=O)OC1CC3CCC1C3)C2. The molecule has 2 aromatic carbocycles. The number of hydrogen-bond acceptors (Lipinski definition) is 4. The van der Waals surface area contributed by atoms with Crippen LogP contribution >= 0.6 is 0 Å². The zero-order valence-electron chi connectivity index (χ0n) is 20.1. The summed E-state index contributed by atoms with van der Waals surface area (Å²) in [5.74, 6) is 1.90. The van der Waals surface area contributed by atoms with E-state index in [9.17, 15) is 9.59 Å². The summed E-state index contributed by atoms with van der Waals surface area (Å²) in [6.45, 7) is 2.69. The monoisotopic (exact) mass is 469 g/mol. The first-order valence-electron chi connectivity index (χ1n) is 12.7. The predicted octanol–water partition coefficient (Wildman–Crippen LogP) is 4.87. The van der Waals surface area contributed by atoms with Gasteiger partial charge in [-0.2, -0.15) is 0 Å². The first-order valence-corrected chi connectivity index (χ1v) is 12.7. The van der Waals surface area contributed by atoms with Gasteiger partial charge in [-0.3, -0.25) is 9.36 Å². The van der Waals surface area contributed by atoms with Crippen molar-refractivity contribution in [2.45, 2.75) is 57.7 Å². The first-order chi connectivity index (χ1) is 17.1. The lowest BCUT2D eigenvalue weighted by Crippen LogP contribution is -2.43. The van der Waals surface area contributed by atoms with Crippen molar-refractivity contribution in [3.63, 3.8) is 0 Å². The Labute approximate surface area is 205 Å². The van der Waals surface area contributed by atoms with E-state index in [1.807, 2.05) is 47.9 Å². The van der Waals surface area contributed by atoms with Gasteiger partial charge in [0, 0.05) is 12.1 Å². The van der Waals surface area contributed by atoms with Gasteiger partial charge in [0.2, 0.25) is 0 Å². The molecule has 0 radical (unpaired) electrons. The van der Waals surface area contributed by atoms with Crippen LogP contribution in [-0.2, 0) is 17.7 Å². The van der Waals surface area contributed by atoms with Crippen LogP contribution in [0.3, 0.4) is 0 Å². The molecule has 2 heterocycles. The summed E-state index contributed by atoms with van der Waals surface area (Å²) in [4.78, 5) is 33.4. The highest BCUT2D eigenvalue weighted by Crippen LogP contribution is 2.46. The van der Waals surface area contributed by atoms with E-state index in [-0.39, 0.29) is 23.8 Å². The van der Waals surface area contributed by atoms with E-state index in [0.29, 0.717) is 42.5 Å². The van der Waals surface area contributed by atoms with Gasteiger partial charge in [0.1, 0.15) is 11.9 Å². The average Bonchev–Trinajstić information content (AvgIpc) is 3.51. The summed E-state index contributed by atoms with van der Waals surface area (Å²) >= 11 is 0. The quantitative estimate of drug-likeness (QED) is 0.547. The molecule has 3 aliphatic rings. The van der Waals surface area contributed by atoms with Crippen LogP contribution in [0, 0.1) is 18.8 Å². The van der Waals surface area contributed by atoms with Gasteiger partial charge in [-0.25, -0.2) is 9.78 Å². The third kappa shape index (κ3) is 4.05. The van der Waals surface area contributed by atoms with Gasteiger partial charge in [-0.15, -0.1) is 0 Å². The minimum absolute atomic E-state index is 0.0219. The van der Waals surface area contributed by atoms with Crippen LogP contribution in [0.15, 0.2) is 65.5 Å². The minimum atomic E-state index is -0.261. The van der Waals surface area contributed by atoms with Crippen LogP contribution < -0.4 is 5.56 Å². The maximum absolute atomic E-state index is 13.9. The van der Waals surface area contributed by atoms with E-state index in [2.05, 4.69) is 24.3 Å². The van der Waals surface area contributed by atoms with Gasteiger partial charge in [-0.05, 0) is 62.0 Å². The molecule has 3 aromatic rings. The molecule has 6 heteroatoms. The van der Waals surface area contributed by atoms with Crippen molar-refractivity contribution in [1.29, 1.82) is 0 Å². The lowest BCUT2D eigenvalue weighted by atomic mass is 9.97. The molecule has 35 heavy (non-hydrogen) atoms. The number of benzene rings is 2. The van der Waals surface area contributed by atoms with Crippen LogP contribution in [0.2, 0.25) is 0 Å². The van der Waals surface area contributed by atoms with Crippen LogP contribution in [0.5, 0.6) is 0 Å². The normalized spacial score (nSPS) is 22.9. The zero-order chi connectivity index (χ0) is 23.9. The van der Waals surface area contributed by atoms with Gasteiger partial charge in [-0.1, -0.05) is 60.7 Å². The Kier molecular flexibility index (Phi) is 5.67. The molecule has 1 aromatic heterocycles. The van der Waals surface area contributed by atoms with E-state index < -0.39 is 0 Å². The Hall–Kier alpha value is -3.41. The zero-order valence-corrected chi connectivity index (χ0v) is 20.1. The molecular formula is C29H31N3O3. The number of rotatable bonds is 4. The summed E-state index contributed by atoms with van der Waals surface area (Å²) in [5, 5.41) is 0. The Balaban J connectivity index is 1.30. The number of hydrogen-bond donors (Lipinski definition) is 0. The van der Waals surface area contributed by atoms with E-state index in [1.54, 1.807) is 4.90 Å². The molecule has 0 spiro atoms. The molecule has 0 N–H and O–H groups in total. The van der Waals surface area contributed by atoms with Crippen molar-refractivity contribution in [2.75, 3.05) is 6.54 Å². The number of aryl methyl sites for hydroxylation is 1. The fourth-order valence-electron chi connectivity index (χ4n) is 6.38. The molecule has 1 amide bonds. The third-order valence-electron chi connectivity index (χ3n) is 8.12. The highest BCUT2D eigenvalue weighted by Gasteiger charge is 2.42. The molecule has 2 fully saturated rings. The van der Waals surface area contributed by atoms with Crippen molar-refractivity contribution in [2.24, 2.45) is 11.8 Å². The molecule has 2 bridgehead atoms. The second-order valence-electron chi connectivity index (χ2n) is 10.3. The maximum atomic E-state index is 13.9. The van der Waals surface area contributed by atoms with Crippen LogP contribution in [0.1, 0.15) is 59.9 Å². The topological polar surface area (TPSA) is 64.4 Å². The van der Waals surface area contributed by atoms with Crippen LogP contribution in [0.25, 0.3) is 0 Å². The summed E-state index contributed by atoms with van der Waals surface area (Å²) in [5.41, 5.74) is 3.46. The first kappa shape index (κ1) is 22.1. The summed E-state index contributed by atoms with van der Waals surface area (Å²) in [7, 11) is 0. The fraction of sp³-hybridized carbons (Fsp3) is 0.414. The van der Waals surface area contributed by atoms with Crippen molar-refractivity contribution in [1.82, 2.24) is 14.5 Å². The second-order valence-corrected chi connectivity index (χ2v) is 10.3. The van der Waals surface area contributed by atoms with Gasteiger partial charge in [0.05, 0.1) is 18.3 Å². The molecule has 180 valence electrons. The summed E-state index contributed by atoms with van der Waals surface area (Å²) in [6.07, 6.45) is 4.94. The van der Waals surface area contributed by atoms with E-state index in [4.69, 9.17) is 9.72 Å². The number of ether oxygens (including phenoxy) is 1. The molecule has 0 saturated heterocycles. The van der Waals surface area contributed by atoms with Crippen molar-refractivity contribution >= 4 is 6.09 Å². The Morgan fingerprint density at radius 1 is 1.00 bits per heavy atom. The van der Waals surface area contributed by atoms with Crippen molar-refractivity contribution in [3.8, 4) is 0 Å². The molecule has 3 unspecified atom stereocenters.